The molecule has 1 aliphatic carbocycles. The van der Waals surface area contributed by atoms with Crippen molar-refractivity contribution in [2.24, 2.45) is 0 Å². The first-order valence-corrected chi connectivity index (χ1v) is 17.2. The summed E-state index contributed by atoms with van der Waals surface area (Å²) in [6.07, 6.45) is 0. The number of para-hydroxylation sites is 4. The molecule has 51 heavy (non-hydrogen) atoms. The molecule has 0 saturated heterocycles. The van der Waals surface area contributed by atoms with Crippen molar-refractivity contribution in [3.63, 3.8) is 0 Å². The molecule has 1 unspecified atom stereocenters. The molecule has 240 valence electrons. The number of aromatic nitrogens is 1. The Kier molecular flexibility index (Phi) is 5.64. The van der Waals surface area contributed by atoms with E-state index < -0.39 is 11.5 Å². The second-order valence-corrected chi connectivity index (χ2v) is 12.9. The van der Waals surface area contributed by atoms with E-state index in [1.54, 1.807) is 0 Å². The first-order chi connectivity index (χ1) is 27.4. The van der Waals surface area contributed by atoms with E-state index in [4.69, 9.17) is 4.11 Å². The van der Waals surface area contributed by atoms with Crippen molar-refractivity contribution in [1.29, 1.82) is 0 Å². The minimum absolute atomic E-state index is 0.221. The van der Waals surface area contributed by atoms with E-state index in [1.165, 1.54) is 0 Å². The van der Waals surface area contributed by atoms with Crippen LogP contribution in [0.25, 0.3) is 38.6 Å². The predicted molar refractivity (Wildman–Crippen MR) is 213 cm³/mol. The molecule has 1 heterocycles. The topological polar surface area (TPSA) is 8.17 Å². The molecule has 2 nitrogen and oxygen atoms in total. The number of anilines is 3. The summed E-state index contributed by atoms with van der Waals surface area (Å²) >= 11 is 0. The van der Waals surface area contributed by atoms with Crippen molar-refractivity contribution in [1.82, 2.24) is 4.57 Å². The standard InChI is InChI=1S/C49H34N2/c1-5-18-35(19-6-1)49(45-29-17-31-47-48(45)41-27-14-16-30-46(41)51(47)38-24-11-4-12-25-38)43-28-15-13-26-40(43)42-34-39(32-33-44(42)49)50(36-20-7-2-8-21-36)37-22-9-3-10-23-37/h1-34H/i1D,5D,6D,18D,19D. The second kappa shape index (κ2) is 11.8. The third kappa shape index (κ3) is 4.36. The molecule has 0 amide bonds. The fourth-order valence-electron chi connectivity index (χ4n) is 8.33. The fraction of sp³-hybridized carbons (Fsp3) is 0.0204. The van der Waals surface area contributed by atoms with Crippen LogP contribution in [0.2, 0.25) is 0 Å². The van der Waals surface area contributed by atoms with Crippen LogP contribution in [-0.4, -0.2) is 4.57 Å². The SMILES string of the molecule is [2H]c1c([2H])c([2H])c(C2(c3cccc4c3c3ccccc3n4-c3ccccc3)c3ccccc3-c3cc(N(c4ccccc4)c4ccccc4)ccc32)c([2H])c1[2H]. The fourth-order valence-corrected chi connectivity index (χ4v) is 8.33. The van der Waals surface area contributed by atoms with E-state index in [9.17, 15) is 2.74 Å². The lowest BCUT2D eigenvalue weighted by molar-refractivity contribution is 0.777. The molecule has 9 aromatic rings. The second-order valence-electron chi connectivity index (χ2n) is 12.9. The quantitative estimate of drug-likeness (QED) is 0.173. The Morgan fingerprint density at radius 3 is 1.78 bits per heavy atom. The van der Waals surface area contributed by atoms with Gasteiger partial charge in [0.15, 0.2) is 0 Å². The third-order valence-electron chi connectivity index (χ3n) is 10.3. The smallest absolute Gasteiger partial charge is 0.0720 e. The highest BCUT2D eigenvalue weighted by Gasteiger charge is 2.47. The number of hydrogen-bond acceptors (Lipinski definition) is 1. The molecule has 2 heteroatoms. The summed E-state index contributed by atoms with van der Waals surface area (Å²) < 4.78 is 48.1. The average Bonchev–Trinajstić information content (AvgIpc) is 3.74. The van der Waals surface area contributed by atoms with Gasteiger partial charge in [0, 0.05) is 33.5 Å². The molecule has 0 radical (unpaired) electrons. The van der Waals surface area contributed by atoms with Crippen LogP contribution in [0.3, 0.4) is 0 Å². The maximum Gasteiger partial charge on any atom is 0.0720 e. The molecule has 0 fully saturated rings. The molecular formula is C49H34N2. The van der Waals surface area contributed by atoms with Gasteiger partial charge in [-0.1, -0.05) is 145 Å². The first kappa shape index (κ1) is 24.5. The van der Waals surface area contributed by atoms with Crippen LogP contribution in [0.4, 0.5) is 17.1 Å². The molecule has 0 bridgehead atoms. The number of benzene rings is 8. The van der Waals surface area contributed by atoms with E-state index in [2.05, 4.69) is 100 Å². The monoisotopic (exact) mass is 655 g/mol. The highest BCUT2D eigenvalue weighted by molar-refractivity contribution is 6.12. The van der Waals surface area contributed by atoms with Gasteiger partial charge in [0.1, 0.15) is 0 Å². The van der Waals surface area contributed by atoms with E-state index in [0.717, 1.165) is 72.4 Å². The molecule has 1 aliphatic rings. The summed E-state index contributed by atoms with van der Waals surface area (Å²) in [7, 11) is 0. The van der Waals surface area contributed by atoms with Crippen LogP contribution in [0.15, 0.2) is 206 Å². The van der Waals surface area contributed by atoms with Crippen molar-refractivity contribution in [2.45, 2.75) is 5.41 Å². The largest absolute Gasteiger partial charge is 0.310 e. The lowest BCUT2D eigenvalue weighted by Crippen LogP contribution is -2.29. The summed E-state index contributed by atoms with van der Waals surface area (Å²) in [6.45, 7) is 0. The van der Waals surface area contributed by atoms with Crippen LogP contribution < -0.4 is 4.90 Å². The van der Waals surface area contributed by atoms with Gasteiger partial charge < -0.3 is 9.47 Å². The van der Waals surface area contributed by atoms with Gasteiger partial charge in [-0.05, 0) is 94.0 Å². The number of rotatable bonds is 6. The molecule has 1 aromatic heterocycles. The lowest BCUT2D eigenvalue weighted by atomic mass is 9.66. The first-order valence-electron chi connectivity index (χ1n) is 19.7. The number of nitrogens with zero attached hydrogens (tertiary/aromatic N) is 2. The molecule has 10 rings (SSSR count). The molecular weight excluding hydrogens is 617 g/mol. The summed E-state index contributed by atoms with van der Waals surface area (Å²) in [4.78, 5) is 2.22. The van der Waals surface area contributed by atoms with Crippen molar-refractivity contribution < 1.29 is 6.85 Å². The van der Waals surface area contributed by atoms with Crippen molar-refractivity contribution in [3.05, 3.63) is 228 Å². The Morgan fingerprint density at radius 2 is 1.04 bits per heavy atom. The highest BCUT2D eigenvalue weighted by atomic mass is 15.1. The van der Waals surface area contributed by atoms with Crippen LogP contribution in [0.5, 0.6) is 0 Å². The minimum Gasteiger partial charge on any atom is -0.310 e. The Balaban J connectivity index is 1.37. The minimum atomic E-state index is -1.30. The molecule has 1 atom stereocenters. The molecule has 0 aliphatic heterocycles. The zero-order valence-corrected chi connectivity index (χ0v) is 27.6. The Hall–Kier alpha value is -6.64. The molecule has 0 N–H and O–H groups in total. The molecule has 0 saturated carbocycles. The third-order valence-corrected chi connectivity index (χ3v) is 10.3. The van der Waals surface area contributed by atoms with Gasteiger partial charge in [0.25, 0.3) is 0 Å². The summed E-state index contributed by atoms with van der Waals surface area (Å²) in [5, 5.41) is 1.97. The van der Waals surface area contributed by atoms with Crippen LogP contribution >= 0.6 is 0 Å². The summed E-state index contributed by atoms with van der Waals surface area (Å²) in [6, 6.07) is 58.3. The van der Waals surface area contributed by atoms with Gasteiger partial charge in [0.2, 0.25) is 0 Å². The predicted octanol–water partition coefficient (Wildman–Crippen LogP) is 12.6. The number of fused-ring (bicyclic) bond motifs is 6. The van der Waals surface area contributed by atoms with E-state index >= 15 is 0 Å². The molecule has 0 spiro atoms. The maximum absolute atomic E-state index is 9.62. The van der Waals surface area contributed by atoms with Crippen LogP contribution in [0.1, 0.15) is 29.1 Å². The lowest BCUT2D eigenvalue weighted by Gasteiger charge is -2.35. The zero-order valence-electron chi connectivity index (χ0n) is 32.6. The van der Waals surface area contributed by atoms with Crippen LogP contribution in [0, 0.1) is 0 Å². The Morgan fingerprint density at radius 1 is 0.451 bits per heavy atom. The van der Waals surface area contributed by atoms with Gasteiger partial charge >= 0.3 is 0 Å². The van der Waals surface area contributed by atoms with Gasteiger partial charge in [-0.15, -0.1) is 0 Å². The Labute approximate surface area is 305 Å². The van der Waals surface area contributed by atoms with Crippen molar-refractivity contribution in [3.8, 4) is 16.8 Å². The van der Waals surface area contributed by atoms with Gasteiger partial charge in [-0.3, -0.25) is 0 Å². The van der Waals surface area contributed by atoms with Gasteiger partial charge in [-0.2, -0.15) is 0 Å². The summed E-state index contributed by atoms with van der Waals surface area (Å²) in [5.74, 6) is 0. The zero-order chi connectivity index (χ0) is 38.1. The number of hydrogen-bond donors (Lipinski definition) is 0. The van der Waals surface area contributed by atoms with Crippen molar-refractivity contribution >= 4 is 38.9 Å². The van der Waals surface area contributed by atoms with Gasteiger partial charge in [-0.25, -0.2) is 0 Å². The highest BCUT2D eigenvalue weighted by Crippen LogP contribution is 2.59. The van der Waals surface area contributed by atoms with E-state index in [-0.39, 0.29) is 29.7 Å². The van der Waals surface area contributed by atoms with Crippen molar-refractivity contribution in [2.75, 3.05) is 4.90 Å². The van der Waals surface area contributed by atoms with E-state index in [0.29, 0.717) is 0 Å². The van der Waals surface area contributed by atoms with Crippen LogP contribution in [-0.2, 0) is 5.41 Å². The molecule has 8 aromatic carbocycles. The van der Waals surface area contributed by atoms with Gasteiger partial charge in [0.05, 0.1) is 23.3 Å². The Bertz CT molecular complexity index is 2910. The summed E-state index contributed by atoms with van der Waals surface area (Å²) in [5.41, 5.74) is 9.30. The normalized spacial score (nSPS) is 16.1. The average molecular weight is 656 g/mol. The van der Waals surface area contributed by atoms with E-state index in [1.807, 2.05) is 84.9 Å². The maximum atomic E-state index is 9.62.